The van der Waals surface area contributed by atoms with Gasteiger partial charge in [-0.15, -0.1) is 0 Å². The molecule has 1 aliphatic heterocycles. The molecule has 31 heavy (non-hydrogen) atoms. The molecule has 5 atom stereocenters. The second-order valence-corrected chi connectivity index (χ2v) is 9.39. The van der Waals surface area contributed by atoms with E-state index in [1.165, 1.54) is 11.7 Å². The summed E-state index contributed by atoms with van der Waals surface area (Å²) in [5, 5.41) is 0.451. The summed E-state index contributed by atoms with van der Waals surface area (Å²) in [5.41, 5.74) is 4.95. The first-order valence-electron chi connectivity index (χ1n) is 10.8. The molecule has 2 heterocycles. The van der Waals surface area contributed by atoms with Crippen LogP contribution in [0.3, 0.4) is 0 Å². The number of nitrogens with zero attached hydrogens (tertiary/aromatic N) is 2. The van der Waals surface area contributed by atoms with Gasteiger partial charge in [0.1, 0.15) is 18.0 Å². The van der Waals surface area contributed by atoms with E-state index >= 15 is 4.39 Å². The zero-order chi connectivity index (χ0) is 22.2. The van der Waals surface area contributed by atoms with Crippen molar-refractivity contribution in [2.45, 2.75) is 62.8 Å². The Balaban J connectivity index is 1.66. The van der Waals surface area contributed by atoms with Gasteiger partial charge in [-0.2, -0.15) is 0 Å². The maximum atomic E-state index is 15.8. The van der Waals surface area contributed by atoms with Gasteiger partial charge in [0.2, 0.25) is 0 Å². The molecule has 1 aromatic heterocycles. The third-order valence-corrected chi connectivity index (χ3v) is 7.57. The number of fused-ring (bicyclic) bond motifs is 2. The minimum Gasteiger partial charge on any atom is -0.497 e. The Kier molecular flexibility index (Phi) is 4.68. The van der Waals surface area contributed by atoms with Crippen molar-refractivity contribution in [3.8, 4) is 0 Å². The molecule has 2 saturated carbocycles. The summed E-state index contributed by atoms with van der Waals surface area (Å²) in [4.78, 5) is 29.3. The first-order chi connectivity index (χ1) is 14.7. The molecule has 3 fully saturated rings. The van der Waals surface area contributed by atoms with Gasteiger partial charge in [0.05, 0.1) is 23.7 Å². The van der Waals surface area contributed by atoms with Crippen LogP contribution in [0, 0.1) is 11.8 Å². The Hall–Kier alpha value is -2.07. The van der Waals surface area contributed by atoms with Crippen molar-refractivity contribution in [1.82, 2.24) is 14.5 Å². The predicted molar refractivity (Wildman–Crippen MR) is 108 cm³/mol. The van der Waals surface area contributed by atoms with E-state index in [4.69, 9.17) is 10.5 Å². The Morgan fingerprint density at radius 3 is 2.55 bits per heavy atom. The van der Waals surface area contributed by atoms with Crippen molar-refractivity contribution in [3.05, 3.63) is 31.4 Å². The van der Waals surface area contributed by atoms with Crippen molar-refractivity contribution < 1.29 is 17.9 Å². The zero-order valence-corrected chi connectivity index (χ0v) is 17.5. The molecule has 5 unspecified atom stereocenters. The maximum Gasteiger partial charge on any atom is 0.329 e. The third-order valence-electron chi connectivity index (χ3n) is 7.57. The normalized spacial score (nSPS) is 35.1. The van der Waals surface area contributed by atoms with Crippen molar-refractivity contribution in [2.24, 2.45) is 17.6 Å². The smallest absolute Gasteiger partial charge is 0.329 e. The summed E-state index contributed by atoms with van der Waals surface area (Å²) >= 11 is 0. The quantitative estimate of drug-likeness (QED) is 0.681. The Labute approximate surface area is 176 Å². The second kappa shape index (κ2) is 6.96. The van der Waals surface area contributed by atoms with E-state index in [1.54, 1.807) is 6.92 Å². The third kappa shape index (κ3) is 3.01. The van der Waals surface area contributed by atoms with Crippen LogP contribution in [0.5, 0.6) is 0 Å². The number of rotatable bonds is 3. The van der Waals surface area contributed by atoms with Gasteiger partial charge in [0.15, 0.2) is 0 Å². The average molecular weight is 440 g/mol. The highest BCUT2D eigenvalue weighted by Gasteiger charge is 2.54. The summed E-state index contributed by atoms with van der Waals surface area (Å²) in [6.45, 7) is 2.19. The SMILES string of the molecule is COC1=c2c(c(=O)[nH]c(=O)n2C2CC2)=C(C)C(F)C1N1CC2CCC(F)(F)C(N)C2C1. The number of ether oxygens (including phenoxy) is 1. The highest BCUT2D eigenvalue weighted by atomic mass is 19.3. The molecular formula is C21H27F3N4O3. The van der Waals surface area contributed by atoms with E-state index in [1.807, 2.05) is 4.90 Å². The van der Waals surface area contributed by atoms with E-state index in [0.717, 1.165) is 12.8 Å². The van der Waals surface area contributed by atoms with Crippen molar-refractivity contribution in [3.63, 3.8) is 0 Å². The van der Waals surface area contributed by atoms with Crippen molar-refractivity contribution >= 4 is 11.3 Å². The maximum absolute atomic E-state index is 15.8. The van der Waals surface area contributed by atoms with Crippen LogP contribution in [0.1, 0.15) is 38.6 Å². The first kappa shape index (κ1) is 20.8. The first-order valence-corrected chi connectivity index (χ1v) is 10.8. The van der Waals surface area contributed by atoms with Gasteiger partial charge in [0.25, 0.3) is 11.5 Å². The molecule has 0 bridgehead atoms. The lowest BCUT2D eigenvalue weighted by atomic mass is 9.76. The minimum atomic E-state index is -2.93. The van der Waals surface area contributed by atoms with Gasteiger partial charge < -0.3 is 10.5 Å². The highest BCUT2D eigenvalue weighted by molar-refractivity contribution is 5.60. The number of halogens is 3. The lowest BCUT2D eigenvalue weighted by Gasteiger charge is -2.37. The zero-order valence-electron chi connectivity index (χ0n) is 17.5. The number of aromatic nitrogens is 2. The number of methoxy groups -OCH3 is 1. The Bertz CT molecular complexity index is 1160. The Morgan fingerprint density at radius 2 is 1.90 bits per heavy atom. The molecule has 170 valence electrons. The standard InChI is InChI=1S/C21H27F3N4O3/c1-9-13-15(28(11-3-4-11)20(30)26-19(13)29)17(31-2)16(14(9)22)27-7-10-5-6-21(23,24)18(25)12(10)8-27/h10-12,14,16,18H,3-8,25H2,1-2H3,(H,26,29,30). The van der Waals surface area contributed by atoms with E-state index in [0.29, 0.717) is 18.3 Å². The molecule has 4 aliphatic rings. The number of hydrogen-bond donors (Lipinski definition) is 2. The largest absolute Gasteiger partial charge is 0.497 e. The van der Waals surface area contributed by atoms with Crippen LogP contribution in [-0.2, 0) is 4.74 Å². The number of hydrogen-bond acceptors (Lipinski definition) is 5. The number of nitrogens with two attached hydrogens (primary N) is 1. The molecular weight excluding hydrogens is 413 g/mol. The van der Waals surface area contributed by atoms with E-state index < -0.39 is 41.3 Å². The van der Waals surface area contributed by atoms with E-state index in [2.05, 4.69) is 4.98 Å². The lowest BCUT2D eigenvalue weighted by molar-refractivity contribution is -0.0796. The predicted octanol–water partition coefficient (Wildman–Crippen LogP) is -0.179. The summed E-state index contributed by atoms with van der Waals surface area (Å²) in [6.07, 6.45) is 0.0784. The van der Waals surface area contributed by atoms with Crippen LogP contribution in [-0.4, -0.2) is 58.8 Å². The molecule has 1 aromatic rings. The van der Waals surface area contributed by atoms with E-state index in [-0.39, 0.29) is 41.5 Å². The average Bonchev–Trinajstić information content (AvgIpc) is 3.45. The van der Waals surface area contributed by atoms with Crippen LogP contribution in [0.2, 0.25) is 0 Å². The van der Waals surface area contributed by atoms with Crippen LogP contribution in [0.4, 0.5) is 13.2 Å². The molecule has 5 rings (SSSR count). The molecule has 0 spiro atoms. The molecule has 3 N–H and O–H groups in total. The molecule has 3 aliphatic carbocycles. The fourth-order valence-corrected chi connectivity index (χ4v) is 5.78. The lowest BCUT2D eigenvalue weighted by Crippen LogP contribution is -2.62. The number of nitrogens with one attached hydrogen (secondary N) is 1. The van der Waals surface area contributed by atoms with Crippen LogP contribution in [0.25, 0.3) is 11.3 Å². The second-order valence-electron chi connectivity index (χ2n) is 9.39. The summed E-state index contributed by atoms with van der Waals surface area (Å²) < 4.78 is 51.3. The fraction of sp³-hybridized carbons (Fsp3) is 0.714. The van der Waals surface area contributed by atoms with Crippen LogP contribution < -0.4 is 27.6 Å². The summed E-state index contributed by atoms with van der Waals surface area (Å²) in [7, 11) is 1.39. The number of alkyl halides is 3. The minimum absolute atomic E-state index is 0.0496. The van der Waals surface area contributed by atoms with Gasteiger partial charge >= 0.3 is 5.69 Å². The van der Waals surface area contributed by atoms with Gasteiger partial charge in [-0.3, -0.25) is 19.2 Å². The molecule has 10 heteroatoms. The number of likely N-dealkylation sites (tertiary alicyclic amines) is 1. The number of H-pyrrole nitrogens is 1. The van der Waals surface area contributed by atoms with Gasteiger partial charge in [-0.05, 0) is 43.6 Å². The topological polar surface area (TPSA) is 93.3 Å². The van der Waals surface area contributed by atoms with Crippen LogP contribution >= 0.6 is 0 Å². The van der Waals surface area contributed by atoms with Gasteiger partial charge in [-0.25, -0.2) is 18.0 Å². The molecule has 0 aromatic carbocycles. The molecule has 0 radical (unpaired) electrons. The Morgan fingerprint density at radius 1 is 1.19 bits per heavy atom. The van der Waals surface area contributed by atoms with E-state index in [9.17, 15) is 18.4 Å². The monoisotopic (exact) mass is 440 g/mol. The van der Waals surface area contributed by atoms with Crippen molar-refractivity contribution in [1.29, 1.82) is 0 Å². The fourth-order valence-electron chi connectivity index (χ4n) is 5.78. The summed E-state index contributed by atoms with van der Waals surface area (Å²) in [6, 6.07) is -2.23. The summed E-state index contributed by atoms with van der Waals surface area (Å²) in [5.74, 6) is -3.21. The van der Waals surface area contributed by atoms with Gasteiger partial charge in [0, 0.05) is 25.6 Å². The highest BCUT2D eigenvalue weighted by Crippen LogP contribution is 2.44. The van der Waals surface area contributed by atoms with Crippen LogP contribution in [0.15, 0.2) is 9.59 Å². The van der Waals surface area contributed by atoms with Crippen molar-refractivity contribution in [2.75, 3.05) is 20.2 Å². The molecule has 0 amide bonds. The number of aromatic amines is 1. The molecule has 7 nitrogen and oxygen atoms in total. The van der Waals surface area contributed by atoms with Gasteiger partial charge in [-0.1, -0.05) is 0 Å². The molecule has 1 saturated heterocycles.